The molecule has 7 nitrogen and oxygen atoms in total. The van der Waals surface area contributed by atoms with Gasteiger partial charge in [-0.3, -0.25) is 9.59 Å². The third kappa shape index (κ3) is 5.24. The first-order valence-electron chi connectivity index (χ1n) is 11.9. The van der Waals surface area contributed by atoms with Crippen LogP contribution in [0.15, 0.2) is 48.5 Å². The molecule has 1 saturated carbocycles. The molecule has 0 bridgehead atoms. The number of carboxylic acids is 1. The van der Waals surface area contributed by atoms with Crippen LogP contribution in [-0.2, 0) is 14.3 Å². The molecule has 1 unspecified atom stereocenters. The van der Waals surface area contributed by atoms with Crippen LogP contribution in [0, 0.1) is 11.8 Å². The summed E-state index contributed by atoms with van der Waals surface area (Å²) < 4.78 is 5.64. The maximum Gasteiger partial charge on any atom is 0.407 e. The Hall–Kier alpha value is -3.35. The quantitative estimate of drug-likeness (QED) is 0.609. The van der Waals surface area contributed by atoms with Gasteiger partial charge in [-0.05, 0) is 47.4 Å². The lowest BCUT2D eigenvalue weighted by Crippen LogP contribution is -2.35. The first-order chi connectivity index (χ1) is 16.3. The van der Waals surface area contributed by atoms with Gasteiger partial charge in [0, 0.05) is 32.0 Å². The molecule has 2 amide bonds. The monoisotopic (exact) mass is 464 g/mol. The first-order valence-corrected chi connectivity index (χ1v) is 11.9. The number of ether oxygens (including phenoxy) is 1. The van der Waals surface area contributed by atoms with Gasteiger partial charge in [0.2, 0.25) is 5.91 Å². The van der Waals surface area contributed by atoms with Gasteiger partial charge < -0.3 is 20.1 Å². The summed E-state index contributed by atoms with van der Waals surface area (Å²) in [7, 11) is 1.64. The van der Waals surface area contributed by atoms with Crippen LogP contribution < -0.4 is 5.32 Å². The molecule has 0 aliphatic heterocycles. The number of hydrogen-bond acceptors (Lipinski definition) is 4. The van der Waals surface area contributed by atoms with Crippen LogP contribution in [0.5, 0.6) is 0 Å². The predicted molar refractivity (Wildman–Crippen MR) is 128 cm³/mol. The lowest BCUT2D eigenvalue weighted by Gasteiger charge is -2.21. The zero-order chi connectivity index (χ0) is 24.2. The number of carbonyl (C=O) groups is 3. The van der Waals surface area contributed by atoms with Crippen molar-refractivity contribution in [3.05, 3.63) is 59.7 Å². The summed E-state index contributed by atoms with van der Waals surface area (Å²) in [5, 5.41) is 12.0. The highest BCUT2D eigenvalue weighted by Crippen LogP contribution is 2.44. The van der Waals surface area contributed by atoms with Gasteiger partial charge in [-0.1, -0.05) is 55.5 Å². The van der Waals surface area contributed by atoms with Crippen molar-refractivity contribution >= 4 is 18.0 Å². The van der Waals surface area contributed by atoms with Crippen molar-refractivity contribution in [3.8, 4) is 11.1 Å². The fourth-order valence-electron chi connectivity index (χ4n) is 5.19. The van der Waals surface area contributed by atoms with E-state index in [0.29, 0.717) is 6.42 Å². The standard InChI is InChI=1S/C27H32N2O5/c1-17(26(31)32)15-29(2)25(30)14-18-11-12-19(13-18)28-27(33)34-16-24-22-9-5-3-7-20(22)21-8-4-6-10-23(21)24/h3-10,17-19,24H,11-16H2,1-2H3,(H,28,33)(H,31,32)/t17?,18-,19+/m1/s1. The van der Waals surface area contributed by atoms with Gasteiger partial charge in [0.05, 0.1) is 5.92 Å². The Labute approximate surface area is 200 Å². The lowest BCUT2D eigenvalue weighted by molar-refractivity contribution is -0.142. The minimum Gasteiger partial charge on any atom is -0.481 e. The number of benzene rings is 2. The molecule has 180 valence electrons. The summed E-state index contributed by atoms with van der Waals surface area (Å²) in [5.74, 6) is -1.36. The van der Waals surface area contributed by atoms with Gasteiger partial charge in [-0.25, -0.2) is 4.79 Å². The van der Waals surface area contributed by atoms with E-state index in [1.165, 1.54) is 27.2 Å². The van der Waals surface area contributed by atoms with Gasteiger partial charge in [0.15, 0.2) is 0 Å². The Bertz CT molecular complexity index is 1020. The third-order valence-corrected chi connectivity index (χ3v) is 7.07. The van der Waals surface area contributed by atoms with E-state index in [9.17, 15) is 14.4 Å². The summed E-state index contributed by atoms with van der Waals surface area (Å²) in [6, 6.07) is 16.4. The summed E-state index contributed by atoms with van der Waals surface area (Å²) in [6.07, 6.45) is 2.32. The van der Waals surface area contributed by atoms with Crippen LogP contribution in [0.1, 0.15) is 49.7 Å². The molecule has 0 spiro atoms. The van der Waals surface area contributed by atoms with Crippen molar-refractivity contribution in [2.24, 2.45) is 11.8 Å². The zero-order valence-electron chi connectivity index (χ0n) is 19.7. The second-order valence-corrected chi connectivity index (χ2v) is 9.56. The molecule has 0 saturated heterocycles. The number of carboxylic acid groups (broad SMARTS) is 1. The van der Waals surface area contributed by atoms with Crippen molar-refractivity contribution in [2.45, 2.75) is 44.6 Å². The maximum atomic E-state index is 12.5. The molecular weight excluding hydrogens is 432 g/mol. The number of rotatable bonds is 8. The molecule has 7 heteroatoms. The number of amides is 2. The number of fused-ring (bicyclic) bond motifs is 3. The molecule has 4 rings (SSSR count). The topological polar surface area (TPSA) is 95.9 Å². The van der Waals surface area contributed by atoms with Crippen molar-refractivity contribution in [1.29, 1.82) is 0 Å². The smallest absolute Gasteiger partial charge is 0.407 e. The minimum atomic E-state index is -0.909. The first kappa shape index (κ1) is 23.8. The second kappa shape index (κ2) is 10.3. The van der Waals surface area contributed by atoms with Crippen molar-refractivity contribution in [2.75, 3.05) is 20.2 Å². The highest BCUT2D eigenvalue weighted by atomic mass is 16.5. The number of aliphatic carboxylic acids is 1. The SMILES string of the molecule is CC(CN(C)C(=O)C[C@@H]1CC[C@H](NC(=O)OCC2c3ccccc3-c3ccccc32)C1)C(=O)O. The largest absolute Gasteiger partial charge is 0.481 e. The van der Waals surface area contributed by atoms with E-state index < -0.39 is 18.0 Å². The van der Waals surface area contributed by atoms with Crippen LogP contribution in [0.2, 0.25) is 0 Å². The molecule has 2 aliphatic carbocycles. The molecular formula is C27H32N2O5. The Kier molecular flexibility index (Phi) is 7.20. The van der Waals surface area contributed by atoms with Gasteiger partial charge >= 0.3 is 12.1 Å². The number of nitrogens with one attached hydrogen (secondary N) is 1. The Morgan fingerprint density at radius 2 is 1.68 bits per heavy atom. The summed E-state index contributed by atoms with van der Waals surface area (Å²) in [6.45, 7) is 2.07. The second-order valence-electron chi connectivity index (χ2n) is 9.56. The summed E-state index contributed by atoms with van der Waals surface area (Å²) >= 11 is 0. The minimum absolute atomic E-state index is 0.0169. The van der Waals surface area contributed by atoms with E-state index in [0.717, 1.165) is 19.3 Å². The molecule has 1 fully saturated rings. The van der Waals surface area contributed by atoms with Gasteiger partial charge in [0.1, 0.15) is 6.61 Å². The number of hydrogen-bond donors (Lipinski definition) is 2. The number of carbonyl (C=O) groups excluding carboxylic acids is 2. The Morgan fingerprint density at radius 1 is 1.06 bits per heavy atom. The molecule has 0 radical (unpaired) electrons. The van der Waals surface area contributed by atoms with Gasteiger partial charge in [0.25, 0.3) is 0 Å². The lowest BCUT2D eigenvalue weighted by atomic mass is 9.98. The van der Waals surface area contributed by atoms with Gasteiger partial charge in [-0.2, -0.15) is 0 Å². The normalized spacial score (nSPS) is 19.7. The molecule has 0 aromatic heterocycles. The zero-order valence-corrected chi connectivity index (χ0v) is 19.7. The Balaban J connectivity index is 1.25. The predicted octanol–water partition coefficient (Wildman–Crippen LogP) is 4.26. The maximum absolute atomic E-state index is 12.5. The highest BCUT2D eigenvalue weighted by Gasteiger charge is 2.31. The van der Waals surface area contributed by atoms with Crippen molar-refractivity contribution in [1.82, 2.24) is 10.2 Å². The summed E-state index contributed by atoms with van der Waals surface area (Å²) in [4.78, 5) is 37.5. The molecule has 0 heterocycles. The van der Waals surface area contributed by atoms with Crippen molar-refractivity contribution in [3.63, 3.8) is 0 Å². The third-order valence-electron chi connectivity index (χ3n) is 7.07. The summed E-state index contributed by atoms with van der Waals surface area (Å²) in [5.41, 5.74) is 4.74. The van der Waals surface area contributed by atoms with Crippen LogP contribution in [0.4, 0.5) is 4.79 Å². The average molecular weight is 465 g/mol. The van der Waals surface area contributed by atoms with Crippen LogP contribution in [0.25, 0.3) is 11.1 Å². The van der Waals surface area contributed by atoms with Crippen LogP contribution >= 0.6 is 0 Å². The molecule has 2 aromatic rings. The molecule has 3 atom stereocenters. The molecule has 34 heavy (non-hydrogen) atoms. The van der Waals surface area contributed by atoms with Crippen molar-refractivity contribution < 1.29 is 24.2 Å². The molecule has 2 aromatic carbocycles. The number of alkyl carbamates (subject to hydrolysis) is 1. The number of nitrogens with zero attached hydrogens (tertiary/aromatic N) is 1. The molecule has 2 N–H and O–H groups in total. The van der Waals surface area contributed by atoms with Crippen LogP contribution in [0.3, 0.4) is 0 Å². The van der Waals surface area contributed by atoms with E-state index in [-0.39, 0.29) is 36.9 Å². The van der Waals surface area contributed by atoms with E-state index >= 15 is 0 Å². The van der Waals surface area contributed by atoms with E-state index in [4.69, 9.17) is 9.84 Å². The molecule has 2 aliphatic rings. The van der Waals surface area contributed by atoms with E-state index in [1.807, 2.05) is 24.3 Å². The Morgan fingerprint density at radius 3 is 2.29 bits per heavy atom. The highest BCUT2D eigenvalue weighted by molar-refractivity contribution is 5.79. The van der Waals surface area contributed by atoms with E-state index in [2.05, 4.69) is 29.6 Å². The van der Waals surface area contributed by atoms with Gasteiger partial charge in [-0.15, -0.1) is 0 Å². The van der Waals surface area contributed by atoms with Crippen LogP contribution in [-0.4, -0.2) is 54.2 Å². The fourth-order valence-corrected chi connectivity index (χ4v) is 5.19. The average Bonchev–Trinajstić information content (AvgIpc) is 3.39. The fraction of sp³-hybridized carbons (Fsp3) is 0.444. The van der Waals surface area contributed by atoms with E-state index in [1.54, 1.807) is 14.0 Å².